The van der Waals surface area contributed by atoms with E-state index in [1.54, 1.807) is 0 Å². The largest absolute Gasteiger partial charge is 0.478 e. The van der Waals surface area contributed by atoms with E-state index < -0.39 is 81.7 Å². The molecular formula is C17H6F22O5. The second kappa shape index (κ2) is 8.87. The number of hydrogen-bond acceptors (Lipinski definition) is 4. The number of hydrogen-bond donors (Lipinski definition) is 1. The number of alkyl halides is 19. The van der Waals surface area contributed by atoms with Crippen LogP contribution in [0.15, 0.2) is 12.2 Å². The minimum atomic E-state index is -9.23. The summed E-state index contributed by atoms with van der Waals surface area (Å²) in [6, 6.07) is 0. The van der Waals surface area contributed by atoms with Gasteiger partial charge in [-0.25, -0.2) is 61.9 Å². The molecule has 4 fully saturated rings. The number of rotatable bonds is 7. The monoisotopic (exact) mass is 708 g/mol. The maximum absolute atomic E-state index is 15.2. The average molecular weight is 708 g/mol. The van der Waals surface area contributed by atoms with Crippen LogP contribution in [0, 0.1) is 16.2 Å². The molecule has 1 N–H and O–H groups in total. The van der Waals surface area contributed by atoms with Gasteiger partial charge in [0.25, 0.3) is 34.0 Å². The molecule has 4 aliphatic carbocycles. The standard InChI is InChI=1S/C13F22O3.C4H6O2/c14-4-8(21,22)1(11(27,28)36-33)5(15,16)2(9(4,23)24,12(29,30)37-34)7(19,20)3(6(1,17)18,10(4,25)26)13(31,32)38-35;1-3(2)4(5)6/h;1H2,2H3,(H,5,6). The molecule has 258 valence electrons. The molecule has 4 saturated carbocycles. The quantitative estimate of drug-likeness (QED) is 0.218. The Morgan fingerprint density at radius 3 is 0.795 bits per heavy atom. The molecular weight excluding hydrogens is 702 g/mol. The lowest BCUT2D eigenvalue weighted by atomic mass is 9.28. The summed E-state index contributed by atoms with van der Waals surface area (Å²) in [5, 5.41) is 7.89. The Morgan fingerprint density at radius 2 is 0.682 bits per heavy atom. The first-order valence-electron chi connectivity index (χ1n) is 9.95. The summed E-state index contributed by atoms with van der Waals surface area (Å²) in [6.07, 6.45) is -25.5. The summed E-state index contributed by atoms with van der Waals surface area (Å²) in [6.45, 7) is 4.60. The minimum Gasteiger partial charge on any atom is -0.478 e. The summed E-state index contributed by atoms with van der Waals surface area (Å²) in [7, 11) is 0. The Hall–Kier alpha value is -2.45. The highest BCUT2D eigenvalue weighted by Crippen LogP contribution is 2.98. The third-order valence-electron chi connectivity index (χ3n) is 7.50. The molecule has 0 unspecified atom stereocenters. The van der Waals surface area contributed by atoms with Crippen LogP contribution >= 0.6 is 0 Å². The van der Waals surface area contributed by atoms with Crippen LogP contribution < -0.4 is 0 Å². The van der Waals surface area contributed by atoms with E-state index in [9.17, 15) is 71.1 Å². The van der Waals surface area contributed by atoms with Crippen molar-refractivity contribution in [1.29, 1.82) is 0 Å². The fourth-order valence-corrected chi connectivity index (χ4v) is 5.80. The minimum absolute atomic E-state index is 0.176. The van der Waals surface area contributed by atoms with Gasteiger partial charge < -0.3 is 5.11 Å². The number of carboxylic acids is 1. The maximum atomic E-state index is 15.2. The molecule has 0 aromatic heterocycles. The van der Waals surface area contributed by atoms with Crippen LogP contribution in [0.1, 0.15) is 6.92 Å². The summed E-state index contributed by atoms with van der Waals surface area (Å²) in [5.41, 5.74) is -36.1. The van der Waals surface area contributed by atoms with Gasteiger partial charge in [-0.3, -0.25) is 0 Å². The second-order valence-electron chi connectivity index (χ2n) is 9.22. The van der Waals surface area contributed by atoms with Gasteiger partial charge >= 0.3 is 47.7 Å². The molecule has 4 aliphatic rings. The van der Waals surface area contributed by atoms with Crippen LogP contribution in [0.4, 0.5) is 97.0 Å². The number of halogens is 22. The third-order valence-corrected chi connectivity index (χ3v) is 7.50. The Balaban J connectivity index is 0.00000102. The summed E-state index contributed by atoms with van der Waals surface area (Å²) >= 11 is 0. The van der Waals surface area contributed by atoms with Gasteiger partial charge in [-0.05, 0) is 20.5 Å². The van der Waals surface area contributed by atoms with Crippen LogP contribution in [0.3, 0.4) is 0 Å². The van der Waals surface area contributed by atoms with E-state index >= 15 is 30.7 Å². The Bertz CT molecular complexity index is 1070. The van der Waals surface area contributed by atoms with Gasteiger partial charge in [-0.2, -0.15) is 26.3 Å². The second-order valence-corrected chi connectivity index (χ2v) is 9.22. The Labute approximate surface area is 224 Å². The first-order chi connectivity index (χ1) is 19.1. The smallest absolute Gasteiger partial charge is 0.409 e. The molecule has 27 heteroatoms. The highest BCUT2D eigenvalue weighted by atomic mass is 19.4. The summed E-state index contributed by atoms with van der Waals surface area (Å²) < 4.78 is 317. The van der Waals surface area contributed by atoms with E-state index in [2.05, 4.69) is 6.58 Å². The predicted octanol–water partition coefficient (Wildman–Crippen LogP) is 7.64. The maximum Gasteiger partial charge on any atom is 0.409 e. The van der Waals surface area contributed by atoms with Crippen molar-refractivity contribution in [3.8, 4) is 0 Å². The first-order valence-corrected chi connectivity index (χ1v) is 9.95. The van der Waals surface area contributed by atoms with Gasteiger partial charge in [0.2, 0.25) is 0 Å². The number of aliphatic carboxylic acids is 1. The van der Waals surface area contributed by atoms with Crippen LogP contribution in [0.2, 0.25) is 0 Å². The van der Waals surface area contributed by atoms with E-state index in [1.165, 1.54) is 6.92 Å². The van der Waals surface area contributed by atoms with E-state index in [1.807, 2.05) is 0 Å². The van der Waals surface area contributed by atoms with E-state index in [4.69, 9.17) is 5.11 Å². The molecule has 4 rings (SSSR count). The molecule has 0 atom stereocenters. The van der Waals surface area contributed by atoms with Gasteiger partial charge in [-0.1, -0.05) is 6.58 Å². The molecule has 44 heavy (non-hydrogen) atoms. The van der Waals surface area contributed by atoms with Crippen molar-refractivity contribution in [2.75, 3.05) is 0 Å². The van der Waals surface area contributed by atoms with Gasteiger partial charge in [0.15, 0.2) is 0 Å². The number of carbonyl (C=O) groups is 1. The van der Waals surface area contributed by atoms with Crippen molar-refractivity contribution < 1.29 is 122 Å². The van der Waals surface area contributed by atoms with E-state index in [0.717, 1.165) is 14.8 Å². The fourth-order valence-electron chi connectivity index (χ4n) is 5.80. The van der Waals surface area contributed by atoms with Crippen molar-refractivity contribution >= 4 is 5.97 Å². The van der Waals surface area contributed by atoms with Gasteiger partial charge in [-0.15, -0.1) is 14.8 Å². The van der Waals surface area contributed by atoms with Crippen molar-refractivity contribution in [2.24, 2.45) is 16.2 Å². The van der Waals surface area contributed by atoms with E-state index in [0.29, 0.717) is 0 Å². The fraction of sp³-hybridized carbons (Fsp3) is 0.824. The van der Waals surface area contributed by atoms with Crippen molar-refractivity contribution in [3.63, 3.8) is 0 Å². The number of carboxylic acid groups (broad SMARTS) is 1. The van der Waals surface area contributed by atoms with Crippen LogP contribution in [-0.2, 0) is 19.6 Å². The summed E-state index contributed by atoms with van der Waals surface area (Å²) in [5.74, 6) is -55.7. The normalized spacial score (nSPS) is 37.2. The van der Waals surface area contributed by atoms with Gasteiger partial charge in [0, 0.05) is 5.57 Å². The van der Waals surface area contributed by atoms with Crippen LogP contribution in [0.5, 0.6) is 0 Å². The molecule has 4 bridgehead atoms. The molecule has 0 aliphatic heterocycles. The lowest BCUT2D eigenvalue weighted by Crippen LogP contribution is -3.09. The Kier molecular flexibility index (Phi) is 7.61. The van der Waals surface area contributed by atoms with Crippen LogP contribution in [-0.4, -0.2) is 70.6 Å². The topological polar surface area (TPSA) is 65.0 Å². The zero-order valence-corrected chi connectivity index (χ0v) is 19.6. The average Bonchev–Trinajstić information content (AvgIpc) is 2.79. The highest BCUT2D eigenvalue weighted by Gasteiger charge is 3.28. The van der Waals surface area contributed by atoms with E-state index in [-0.39, 0.29) is 5.57 Å². The van der Waals surface area contributed by atoms with Crippen molar-refractivity contribution in [3.05, 3.63) is 12.2 Å². The molecule has 0 aromatic carbocycles. The molecule has 5 nitrogen and oxygen atoms in total. The van der Waals surface area contributed by atoms with Crippen molar-refractivity contribution in [1.82, 2.24) is 0 Å². The van der Waals surface area contributed by atoms with Crippen LogP contribution in [0.25, 0.3) is 0 Å². The molecule has 0 saturated heterocycles. The molecule has 0 radical (unpaired) electrons. The zero-order valence-electron chi connectivity index (χ0n) is 19.6. The van der Waals surface area contributed by atoms with Crippen molar-refractivity contribution in [2.45, 2.75) is 66.5 Å². The molecule has 0 spiro atoms. The third kappa shape index (κ3) is 2.77. The summed E-state index contributed by atoms with van der Waals surface area (Å²) in [4.78, 5) is 12.4. The molecule has 0 amide bonds. The Morgan fingerprint density at radius 1 is 0.523 bits per heavy atom. The lowest BCUT2D eigenvalue weighted by molar-refractivity contribution is -0.703. The molecule has 0 heterocycles. The lowest BCUT2D eigenvalue weighted by Gasteiger charge is -2.79. The van der Waals surface area contributed by atoms with Gasteiger partial charge in [0.1, 0.15) is 0 Å². The van der Waals surface area contributed by atoms with Gasteiger partial charge in [0.05, 0.1) is 0 Å². The molecule has 0 aromatic rings. The predicted molar refractivity (Wildman–Crippen MR) is 84.7 cm³/mol. The highest BCUT2D eigenvalue weighted by molar-refractivity contribution is 5.84. The zero-order chi connectivity index (χ0) is 35.8. The SMILES string of the molecule is C=C(C)C(=O)O.FOC(F)(F)C12C(F)(F)C3(F)C(F)(F)C(C(F)(F)OF)(C1(F)F)C(F)(F)C(C(F)(F)OF)(C3(F)F)C2(F)F. The first kappa shape index (κ1) is 37.7.